The van der Waals surface area contributed by atoms with Crippen molar-refractivity contribution in [3.8, 4) is 0 Å². The maximum absolute atomic E-state index is 5.54. The van der Waals surface area contributed by atoms with Crippen molar-refractivity contribution < 1.29 is 9.47 Å². The Balaban J connectivity index is 1.75. The molecule has 5 nitrogen and oxygen atoms in total. The summed E-state index contributed by atoms with van der Waals surface area (Å²) in [4.78, 5) is 4.51. The highest BCUT2D eigenvalue weighted by Crippen LogP contribution is 2.18. The highest BCUT2D eigenvalue weighted by molar-refractivity contribution is 5.80. The van der Waals surface area contributed by atoms with Crippen molar-refractivity contribution in [2.75, 3.05) is 32.9 Å². The quantitative estimate of drug-likeness (QED) is 0.529. The average Bonchev–Trinajstić information content (AvgIpc) is 3.12. The second kappa shape index (κ2) is 6.06. The van der Waals surface area contributed by atoms with Gasteiger partial charge in [-0.25, -0.2) is 0 Å². The summed E-state index contributed by atoms with van der Waals surface area (Å²) in [6.45, 7) is 5.69. The number of nitrogens with one attached hydrogen (secondary N) is 2. The molecule has 1 atom stereocenters. The molecule has 0 radical (unpaired) electrons. The van der Waals surface area contributed by atoms with Crippen molar-refractivity contribution in [1.82, 2.24) is 10.6 Å². The van der Waals surface area contributed by atoms with Crippen LogP contribution in [0.2, 0.25) is 0 Å². The number of hydrogen-bond donors (Lipinski definition) is 2. The molecule has 0 spiro atoms. The van der Waals surface area contributed by atoms with Crippen LogP contribution in [0, 0.1) is 0 Å². The fraction of sp³-hybridized carbons (Fsp3) is 0.909. The van der Waals surface area contributed by atoms with Crippen LogP contribution in [0.25, 0.3) is 0 Å². The van der Waals surface area contributed by atoms with Crippen LogP contribution >= 0.6 is 0 Å². The summed E-state index contributed by atoms with van der Waals surface area (Å²) >= 11 is 0. The minimum Gasteiger partial charge on any atom is -0.376 e. The van der Waals surface area contributed by atoms with E-state index in [1.807, 2.05) is 0 Å². The molecule has 2 N–H and O–H groups in total. The zero-order valence-corrected chi connectivity index (χ0v) is 9.87. The lowest BCUT2D eigenvalue weighted by atomic mass is 10.3. The average molecular weight is 227 g/mol. The molecule has 5 heteroatoms. The first-order chi connectivity index (χ1) is 7.88. The fourth-order valence-corrected chi connectivity index (χ4v) is 1.58. The number of nitrogens with zero attached hydrogens (tertiary/aromatic N) is 1. The van der Waals surface area contributed by atoms with Gasteiger partial charge < -0.3 is 20.1 Å². The normalized spacial score (nSPS) is 26.6. The van der Waals surface area contributed by atoms with E-state index in [0.717, 1.165) is 12.5 Å². The van der Waals surface area contributed by atoms with Gasteiger partial charge in [-0.3, -0.25) is 4.99 Å². The SMILES string of the molecule is CCNC(=NCC1COCCO1)NC1CC1. The number of guanidine groups is 1. The molecule has 1 aliphatic heterocycles. The van der Waals surface area contributed by atoms with Crippen LogP contribution in [-0.4, -0.2) is 51.0 Å². The third kappa shape index (κ3) is 3.98. The van der Waals surface area contributed by atoms with Crippen molar-refractivity contribution in [3.63, 3.8) is 0 Å². The molecule has 0 amide bonds. The molecule has 1 saturated carbocycles. The van der Waals surface area contributed by atoms with Gasteiger partial charge in [0.05, 0.1) is 26.4 Å². The highest BCUT2D eigenvalue weighted by Gasteiger charge is 2.22. The molecule has 2 fully saturated rings. The Kier molecular flexibility index (Phi) is 4.42. The van der Waals surface area contributed by atoms with E-state index in [9.17, 15) is 0 Å². The predicted octanol–water partition coefficient (Wildman–Crippen LogP) is 0.119. The standard InChI is InChI=1S/C11H21N3O2/c1-2-12-11(14-9-3-4-9)13-7-10-8-15-5-6-16-10/h9-10H,2-8H2,1H3,(H2,12,13,14). The number of rotatable bonds is 4. The molecular formula is C11H21N3O2. The van der Waals surface area contributed by atoms with Crippen LogP contribution < -0.4 is 10.6 Å². The first-order valence-corrected chi connectivity index (χ1v) is 6.12. The Labute approximate surface area is 96.6 Å². The lowest BCUT2D eigenvalue weighted by molar-refractivity contribution is -0.0832. The van der Waals surface area contributed by atoms with Crippen LogP contribution in [0.15, 0.2) is 4.99 Å². The maximum Gasteiger partial charge on any atom is 0.191 e. The van der Waals surface area contributed by atoms with Crippen LogP contribution in [0.5, 0.6) is 0 Å². The van der Waals surface area contributed by atoms with Crippen molar-refractivity contribution >= 4 is 5.96 Å². The smallest absolute Gasteiger partial charge is 0.191 e. The molecule has 1 saturated heterocycles. The Hall–Kier alpha value is -0.810. The summed E-state index contributed by atoms with van der Waals surface area (Å²) in [5.41, 5.74) is 0. The first-order valence-electron chi connectivity index (χ1n) is 6.12. The second-order valence-corrected chi connectivity index (χ2v) is 4.21. The van der Waals surface area contributed by atoms with Crippen molar-refractivity contribution in [1.29, 1.82) is 0 Å². The van der Waals surface area contributed by atoms with Gasteiger partial charge in [0.25, 0.3) is 0 Å². The summed E-state index contributed by atoms with van der Waals surface area (Å²) in [6, 6.07) is 0.626. The van der Waals surface area contributed by atoms with Gasteiger partial charge in [-0.2, -0.15) is 0 Å². The first kappa shape index (κ1) is 11.7. The molecule has 2 aliphatic rings. The largest absolute Gasteiger partial charge is 0.376 e. The van der Waals surface area contributed by atoms with Gasteiger partial charge in [0, 0.05) is 12.6 Å². The number of aliphatic imine (C=N–C) groups is 1. The van der Waals surface area contributed by atoms with Crippen LogP contribution in [0.1, 0.15) is 19.8 Å². The van der Waals surface area contributed by atoms with E-state index in [0.29, 0.717) is 32.4 Å². The van der Waals surface area contributed by atoms with E-state index >= 15 is 0 Å². The Morgan fingerprint density at radius 2 is 2.25 bits per heavy atom. The maximum atomic E-state index is 5.54. The van der Waals surface area contributed by atoms with Crippen molar-refractivity contribution in [2.24, 2.45) is 4.99 Å². The summed E-state index contributed by atoms with van der Waals surface area (Å²) in [7, 11) is 0. The van der Waals surface area contributed by atoms with Gasteiger partial charge in [-0.1, -0.05) is 0 Å². The van der Waals surface area contributed by atoms with Gasteiger partial charge in [0.2, 0.25) is 0 Å². The zero-order valence-electron chi connectivity index (χ0n) is 9.87. The molecule has 0 bridgehead atoms. The molecule has 2 rings (SSSR count). The summed E-state index contributed by atoms with van der Waals surface area (Å²) < 4.78 is 10.9. The van der Waals surface area contributed by atoms with Gasteiger partial charge >= 0.3 is 0 Å². The molecule has 1 aliphatic carbocycles. The molecule has 92 valence electrons. The predicted molar refractivity (Wildman–Crippen MR) is 62.7 cm³/mol. The topological polar surface area (TPSA) is 54.9 Å². The van der Waals surface area contributed by atoms with Gasteiger partial charge in [0.1, 0.15) is 6.10 Å². The van der Waals surface area contributed by atoms with E-state index in [2.05, 4.69) is 22.5 Å². The summed E-state index contributed by atoms with van der Waals surface area (Å²) in [5, 5.41) is 6.61. The van der Waals surface area contributed by atoms with Crippen LogP contribution in [-0.2, 0) is 9.47 Å². The van der Waals surface area contributed by atoms with Gasteiger partial charge in [0.15, 0.2) is 5.96 Å². The monoisotopic (exact) mass is 227 g/mol. The Morgan fingerprint density at radius 1 is 1.38 bits per heavy atom. The third-order valence-electron chi connectivity index (χ3n) is 2.60. The summed E-state index contributed by atoms with van der Waals surface area (Å²) in [6.07, 6.45) is 2.63. The second-order valence-electron chi connectivity index (χ2n) is 4.21. The van der Waals surface area contributed by atoms with Crippen LogP contribution in [0.3, 0.4) is 0 Å². The molecule has 16 heavy (non-hydrogen) atoms. The van der Waals surface area contributed by atoms with E-state index in [-0.39, 0.29) is 6.10 Å². The van der Waals surface area contributed by atoms with Crippen LogP contribution in [0.4, 0.5) is 0 Å². The van der Waals surface area contributed by atoms with E-state index < -0.39 is 0 Å². The van der Waals surface area contributed by atoms with E-state index in [1.54, 1.807) is 0 Å². The van der Waals surface area contributed by atoms with E-state index in [1.165, 1.54) is 12.8 Å². The number of hydrogen-bond acceptors (Lipinski definition) is 3. The molecule has 0 aromatic rings. The van der Waals surface area contributed by atoms with Crippen molar-refractivity contribution in [2.45, 2.75) is 31.9 Å². The highest BCUT2D eigenvalue weighted by atomic mass is 16.6. The van der Waals surface area contributed by atoms with E-state index in [4.69, 9.17) is 9.47 Å². The third-order valence-corrected chi connectivity index (χ3v) is 2.60. The van der Waals surface area contributed by atoms with Gasteiger partial charge in [-0.15, -0.1) is 0 Å². The number of ether oxygens (including phenoxy) is 2. The molecule has 1 heterocycles. The molecule has 0 aromatic heterocycles. The minimum absolute atomic E-state index is 0.114. The van der Waals surface area contributed by atoms with Crippen molar-refractivity contribution in [3.05, 3.63) is 0 Å². The zero-order chi connectivity index (χ0) is 11.2. The molecular weight excluding hydrogens is 206 g/mol. The fourth-order valence-electron chi connectivity index (χ4n) is 1.58. The summed E-state index contributed by atoms with van der Waals surface area (Å²) in [5.74, 6) is 0.902. The molecule has 1 unspecified atom stereocenters. The van der Waals surface area contributed by atoms with Gasteiger partial charge in [-0.05, 0) is 19.8 Å². The minimum atomic E-state index is 0.114. The Bertz CT molecular complexity index is 235. The lowest BCUT2D eigenvalue weighted by Gasteiger charge is -2.21. The molecule has 0 aromatic carbocycles. The lowest BCUT2D eigenvalue weighted by Crippen LogP contribution is -2.40. The Morgan fingerprint density at radius 3 is 2.88 bits per heavy atom.